The van der Waals surface area contributed by atoms with Crippen molar-refractivity contribution in [2.45, 2.75) is 19.4 Å². The third kappa shape index (κ3) is 6.24. The van der Waals surface area contributed by atoms with Crippen LogP contribution in [0.1, 0.15) is 13.8 Å². The summed E-state index contributed by atoms with van der Waals surface area (Å²) in [5, 5.41) is 12.9. The van der Waals surface area contributed by atoms with Gasteiger partial charge in [0.15, 0.2) is 0 Å². The molecule has 0 aliphatic carbocycles. The molecule has 0 aromatic carbocycles. The first-order chi connectivity index (χ1) is 6.37. The van der Waals surface area contributed by atoms with E-state index in [1.165, 1.54) is 7.11 Å². The number of methoxy groups -OCH3 is 1. The molecule has 0 rings (SSSR count). The summed E-state index contributed by atoms with van der Waals surface area (Å²) in [5.41, 5.74) is -0.458. The fraction of sp³-hybridized carbons (Fsp3) is 0.750. The number of carboxylic acid groups (broad SMARTS) is 1. The van der Waals surface area contributed by atoms with Crippen molar-refractivity contribution >= 4 is 12.0 Å². The van der Waals surface area contributed by atoms with Gasteiger partial charge in [-0.2, -0.15) is 0 Å². The maximum atomic E-state index is 11.0. The van der Waals surface area contributed by atoms with Crippen molar-refractivity contribution in [2.75, 3.05) is 20.2 Å². The number of carbonyl (C=O) groups is 2. The highest BCUT2D eigenvalue weighted by molar-refractivity contribution is 5.79. The van der Waals surface area contributed by atoms with E-state index >= 15 is 0 Å². The first-order valence-electron chi connectivity index (χ1n) is 4.16. The van der Waals surface area contributed by atoms with E-state index in [9.17, 15) is 9.59 Å². The number of hydrogen-bond acceptors (Lipinski definition) is 3. The van der Waals surface area contributed by atoms with Crippen LogP contribution in [0.4, 0.5) is 4.79 Å². The van der Waals surface area contributed by atoms with Crippen LogP contribution in [0, 0.1) is 0 Å². The summed E-state index contributed by atoms with van der Waals surface area (Å²) in [6, 6.07) is -0.516. The number of amides is 2. The monoisotopic (exact) mass is 204 g/mol. The smallest absolute Gasteiger partial charge is 0.323 e. The van der Waals surface area contributed by atoms with Gasteiger partial charge in [0.25, 0.3) is 0 Å². The zero-order chi connectivity index (χ0) is 11.2. The molecule has 0 saturated carbocycles. The predicted molar refractivity (Wildman–Crippen MR) is 50.1 cm³/mol. The van der Waals surface area contributed by atoms with Crippen LogP contribution in [0.25, 0.3) is 0 Å². The second kappa shape index (κ2) is 5.43. The average Bonchev–Trinajstić information content (AvgIpc) is 2.11. The molecule has 3 N–H and O–H groups in total. The number of ether oxygens (including phenoxy) is 1. The molecule has 14 heavy (non-hydrogen) atoms. The highest BCUT2D eigenvalue weighted by Gasteiger charge is 2.17. The van der Waals surface area contributed by atoms with Crippen molar-refractivity contribution < 1.29 is 19.4 Å². The Morgan fingerprint density at radius 2 is 1.93 bits per heavy atom. The van der Waals surface area contributed by atoms with Gasteiger partial charge in [-0.15, -0.1) is 0 Å². The van der Waals surface area contributed by atoms with Gasteiger partial charge in [-0.1, -0.05) is 0 Å². The van der Waals surface area contributed by atoms with Crippen LogP contribution >= 0.6 is 0 Å². The Bertz CT molecular complexity index is 215. The molecule has 0 heterocycles. The number of rotatable bonds is 5. The van der Waals surface area contributed by atoms with Gasteiger partial charge < -0.3 is 20.5 Å². The van der Waals surface area contributed by atoms with Crippen molar-refractivity contribution in [2.24, 2.45) is 0 Å². The lowest BCUT2D eigenvalue weighted by atomic mass is 10.1. The molecule has 0 radical (unpaired) electrons. The molecule has 0 atom stereocenters. The van der Waals surface area contributed by atoms with E-state index in [4.69, 9.17) is 9.84 Å². The lowest BCUT2D eigenvalue weighted by Crippen LogP contribution is -2.45. The Hall–Kier alpha value is -1.30. The van der Waals surface area contributed by atoms with Gasteiger partial charge in [-0.05, 0) is 13.8 Å². The van der Waals surface area contributed by atoms with Crippen molar-refractivity contribution in [3.63, 3.8) is 0 Å². The van der Waals surface area contributed by atoms with Gasteiger partial charge in [0.05, 0.1) is 5.60 Å². The molecule has 2 amide bonds. The van der Waals surface area contributed by atoms with Crippen LogP contribution < -0.4 is 10.6 Å². The maximum absolute atomic E-state index is 11.0. The summed E-state index contributed by atoms with van der Waals surface area (Å²) in [6.45, 7) is 3.54. The Morgan fingerprint density at radius 3 is 2.36 bits per heavy atom. The second-order valence-electron chi connectivity index (χ2n) is 3.39. The largest absolute Gasteiger partial charge is 0.480 e. The topological polar surface area (TPSA) is 87.7 Å². The Morgan fingerprint density at radius 1 is 1.36 bits per heavy atom. The van der Waals surface area contributed by atoms with Gasteiger partial charge in [0.2, 0.25) is 0 Å². The molecule has 82 valence electrons. The number of carbonyl (C=O) groups excluding carboxylic acids is 1. The fourth-order valence-electron chi connectivity index (χ4n) is 0.584. The van der Waals surface area contributed by atoms with Crippen LogP contribution in [0.2, 0.25) is 0 Å². The van der Waals surface area contributed by atoms with E-state index < -0.39 is 17.6 Å². The minimum atomic E-state index is -1.08. The van der Waals surface area contributed by atoms with E-state index in [1.54, 1.807) is 0 Å². The summed E-state index contributed by atoms with van der Waals surface area (Å²) >= 11 is 0. The predicted octanol–water partition coefficient (Wildman–Crippen LogP) is -0.205. The summed E-state index contributed by atoms with van der Waals surface area (Å²) in [7, 11) is 1.54. The molecule has 0 bridgehead atoms. The molecule has 6 nitrogen and oxygen atoms in total. The summed E-state index contributed by atoms with van der Waals surface area (Å²) in [4.78, 5) is 21.1. The van der Waals surface area contributed by atoms with E-state index in [1.807, 2.05) is 13.8 Å². The van der Waals surface area contributed by atoms with Gasteiger partial charge in [0.1, 0.15) is 6.54 Å². The van der Waals surface area contributed by atoms with Crippen LogP contribution in [0.15, 0.2) is 0 Å². The van der Waals surface area contributed by atoms with Gasteiger partial charge >= 0.3 is 12.0 Å². The molecule has 0 aromatic rings. The van der Waals surface area contributed by atoms with E-state index in [0.717, 1.165) is 0 Å². The lowest BCUT2D eigenvalue weighted by molar-refractivity contribution is -0.135. The number of urea groups is 1. The third-order valence-electron chi connectivity index (χ3n) is 1.63. The normalized spacial score (nSPS) is 10.8. The van der Waals surface area contributed by atoms with Crippen LogP contribution in [-0.2, 0) is 9.53 Å². The van der Waals surface area contributed by atoms with Crippen molar-refractivity contribution in [3.05, 3.63) is 0 Å². The van der Waals surface area contributed by atoms with Crippen LogP contribution in [0.3, 0.4) is 0 Å². The maximum Gasteiger partial charge on any atom is 0.323 e. The van der Waals surface area contributed by atoms with Gasteiger partial charge in [-0.25, -0.2) is 4.79 Å². The van der Waals surface area contributed by atoms with Gasteiger partial charge in [0, 0.05) is 13.7 Å². The summed E-state index contributed by atoms with van der Waals surface area (Å²) < 4.78 is 5.05. The molecule has 0 aromatic heterocycles. The molecule has 6 heteroatoms. The fourth-order valence-corrected chi connectivity index (χ4v) is 0.584. The molecule has 0 spiro atoms. The molecule has 0 fully saturated rings. The first-order valence-corrected chi connectivity index (χ1v) is 4.16. The van der Waals surface area contributed by atoms with Gasteiger partial charge in [-0.3, -0.25) is 4.79 Å². The first kappa shape index (κ1) is 12.7. The molecular weight excluding hydrogens is 188 g/mol. The number of hydrogen-bond donors (Lipinski definition) is 3. The molecule has 0 saturated heterocycles. The van der Waals surface area contributed by atoms with Crippen molar-refractivity contribution in [3.8, 4) is 0 Å². The summed E-state index contributed by atoms with van der Waals surface area (Å²) in [6.07, 6.45) is 0. The Kier molecular flexibility index (Phi) is 4.93. The highest BCUT2D eigenvalue weighted by Crippen LogP contribution is 2.03. The van der Waals surface area contributed by atoms with E-state index in [-0.39, 0.29) is 6.54 Å². The quantitative estimate of drug-likeness (QED) is 0.578. The van der Waals surface area contributed by atoms with Crippen molar-refractivity contribution in [1.29, 1.82) is 0 Å². The number of carboxylic acids is 1. The standard InChI is InChI=1S/C8H16N2O4/c1-8(2,14-3)5-10-7(13)9-4-6(11)12/h4-5H2,1-3H3,(H,11,12)(H2,9,10,13). The SMILES string of the molecule is COC(C)(C)CNC(=O)NCC(=O)O. The molecular formula is C8H16N2O4. The Labute approximate surface area is 82.6 Å². The van der Waals surface area contributed by atoms with E-state index in [2.05, 4.69) is 10.6 Å². The minimum Gasteiger partial charge on any atom is -0.480 e. The van der Waals surface area contributed by atoms with Crippen LogP contribution in [0.5, 0.6) is 0 Å². The second-order valence-corrected chi connectivity index (χ2v) is 3.39. The third-order valence-corrected chi connectivity index (χ3v) is 1.63. The van der Waals surface area contributed by atoms with Crippen molar-refractivity contribution in [1.82, 2.24) is 10.6 Å². The summed E-state index contributed by atoms with van der Waals surface area (Å²) in [5.74, 6) is -1.08. The average molecular weight is 204 g/mol. The molecule has 0 aliphatic rings. The number of aliphatic carboxylic acids is 1. The molecule has 0 unspecified atom stereocenters. The minimum absolute atomic E-state index is 0.314. The highest BCUT2D eigenvalue weighted by atomic mass is 16.5. The van der Waals surface area contributed by atoms with Crippen LogP contribution in [-0.4, -0.2) is 42.9 Å². The number of nitrogens with one attached hydrogen (secondary N) is 2. The molecule has 0 aliphatic heterocycles. The lowest BCUT2D eigenvalue weighted by Gasteiger charge is -2.22. The Balaban J connectivity index is 3.69. The zero-order valence-electron chi connectivity index (χ0n) is 8.59. The van der Waals surface area contributed by atoms with E-state index in [0.29, 0.717) is 6.54 Å². The zero-order valence-corrected chi connectivity index (χ0v) is 8.59.